The lowest BCUT2D eigenvalue weighted by Gasteiger charge is -2.26. The summed E-state index contributed by atoms with van der Waals surface area (Å²) < 4.78 is 40.9. The van der Waals surface area contributed by atoms with Crippen molar-refractivity contribution in [2.75, 3.05) is 18.4 Å². The van der Waals surface area contributed by atoms with Crippen LogP contribution in [0.5, 0.6) is 0 Å². The Morgan fingerprint density at radius 2 is 1.88 bits per heavy atom. The molecule has 1 amide bonds. The number of nitrogens with one attached hydrogen (secondary N) is 1. The molecule has 1 saturated heterocycles. The van der Waals surface area contributed by atoms with E-state index in [1.165, 1.54) is 22.6 Å². The van der Waals surface area contributed by atoms with Crippen LogP contribution in [0.4, 0.5) is 10.2 Å². The molecule has 9 heteroatoms. The smallest absolute Gasteiger partial charge is 0.256 e. The number of hydrogen-bond acceptors (Lipinski definition) is 4. The molecule has 2 heterocycles. The van der Waals surface area contributed by atoms with Crippen LogP contribution in [0.1, 0.15) is 29.6 Å². The van der Waals surface area contributed by atoms with Crippen molar-refractivity contribution < 1.29 is 17.6 Å². The standard InChI is InChI=1S/C17H17ClFN3O3S/c18-13-5-7-16(20-11-13)21-17(23)12-4-6-14(19)15(10-12)26(24,25)22-8-2-1-3-9-22/h4-7,10-11H,1-3,8-9H2,(H,20,21,23). The number of carbonyl (C=O) groups excluding carboxylic acids is 1. The van der Waals surface area contributed by atoms with Gasteiger partial charge in [0.15, 0.2) is 0 Å². The number of hydrogen-bond donors (Lipinski definition) is 1. The summed E-state index contributed by atoms with van der Waals surface area (Å²) in [4.78, 5) is 15.8. The quantitative estimate of drug-likeness (QED) is 0.858. The predicted molar refractivity (Wildman–Crippen MR) is 96.2 cm³/mol. The number of piperidine rings is 1. The average molecular weight is 398 g/mol. The molecule has 138 valence electrons. The molecule has 0 aliphatic carbocycles. The molecule has 1 N–H and O–H groups in total. The first-order valence-corrected chi connectivity index (χ1v) is 9.92. The number of aromatic nitrogens is 1. The molecule has 0 saturated carbocycles. The topological polar surface area (TPSA) is 79.4 Å². The monoisotopic (exact) mass is 397 g/mol. The van der Waals surface area contributed by atoms with E-state index in [0.29, 0.717) is 18.1 Å². The van der Waals surface area contributed by atoms with E-state index in [-0.39, 0.29) is 11.4 Å². The van der Waals surface area contributed by atoms with Gasteiger partial charge in [0.2, 0.25) is 10.0 Å². The van der Waals surface area contributed by atoms with Gasteiger partial charge in [-0.15, -0.1) is 0 Å². The van der Waals surface area contributed by atoms with Crippen LogP contribution in [0.25, 0.3) is 0 Å². The number of sulfonamides is 1. The largest absolute Gasteiger partial charge is 0.307 e. The summed E-state index contributed by atoms with van der Waals surface area (Å²) in [5, 5.41) is 2.94. The van der Waals surface area contributed by atoms with Crippen molar-refractivity contribution in [3.05, 3.63) is 52.9 Å². The molecule has 3 rings (SSSR count). The zero-order chi connectivity index (χ0) is 18.7. The number of benzene rings is 1. The summed E-state index contributed by atoms with van der Waals surface area (Å²) in [6.45, 7) is 0.708. The van der Waals surface area contributed by atoms with E-state index in [2.05, 4.69) is 10.3 Å². The first-order valence-electron chi connectivity index (χ1n) is 8.10. The second kappa shape index (κ2) is 7.69. The average Bonchev–Trinajstić information content (AvgIpc) is 2.64. The maximum atomic E-state index is 14.2. The molecule has 6 nitrogen and oxygen atoms in total. The van der Waals surface area contributed by atoms with Crippen molar-refractivity contribution in [3.8, 4) is 0 Å². The van der Waals surface area contributed by atoms with Gasteiger partial charge in [0.1, 0.15) is 16.5 Å². The van der Waals surface area contributed by atoms with Crippen molar-refractivity contribution >= 4 is 33.3 Å². The van der Waals surface area contributed by atoms with E-state index in [1.807, 2.05) is 0 Å². The summed E-state index contributed by atoms with van der Waals surface area (Å²) in [6.07, 6.45) is 3.80. The Kier molecular flexibility index (Phi) is 5.55. The van der Waals surface area contributed by atoms with Gasteiger partial charge in [0, 0.05) is 24.8 Å². The van der Waals surface area contributed by atoms with Crippen molar-refractivity contribution in [3.63, 3.8) is 0 Å². The van der Waals surface area contributed by atoms with Crippen molar-refractivity contribution in [2.45, 2.75) is 24.2 Å². The lowest BCUT2D eigenvalue weighted by Crippen LogP contribution is -2.36. The van der Waals surface area contributed by atoms with E-state index >= 15 is 0 Å². The van der Waals surface area contributed by atoms with Gasteiger partial charge in [-0.1, -0.05) is 18.0 Å². The van der Waals surface area contributed by atoms with E-state index in [0.717, 1.165) is 31.4 Å². The Balaban J connectivity index is 1.87. The first-order chi connectivity index (χ1) is 12.4. The maximum absolute atomic E-state index is 14.2. The Morgan fingerprint density at radius 3 is 2.54 bits per heavy atom. The SMILES string of the molecule is O=C(Nc1ccc(Cl)cn1)c1ccc(F)c(S(=O)(=O)N2CCCCC2)c1. The number of nitrogens with zero attached hydrogens (tertiary/aromatic N) is 2. The number of carbonyl (C=O) groups is 1. The van der Waals surface area contributed by atoms with Gasteiger partial charge in [-0.25, -0.2) is 17.8 Å². The van der Waals surface area contributed by atoms with Gasteiger partial charge in [-0.3, -0.25) is 4.79 Å². The van der Waals surface area contributed by atoms with Crippen molar-refractivity contribution in [1.29, 1.82) is 0 Å². The van der Waals surface area contributed by atoms with Gasteiger partial charge < -0.3 is 5.32 Å². The molecule has 0 radical (unpaired) electrons. The second-order valence-electron chi connectivity index (χ2n) is 5.93. The molecule has 0 atom stereocenters. The minimum atomic E-state index is -3.98. The third-order valence-corrected chi connectivity index (χ3v) is 6.23. The van der Waals surface area contributed by atoms with Crippen LogP contribution in [-0.2, 0) is 10.0 Å². The molecule has 0 bridgehead atoms. The molecule has 1 aromatic carbocycles. The molecule has 0 unspecified atom stereocenters. The van der Waals surface area contributed by atoms with Gasteiger partial charge in [0.25, 0.3) is 5.91 Å². The second-order valence-corrected chi connectivity index (χ2v) is 8.27. The Morgan fingerprint density at radius 1 is 1.15 bits per heavy atom. The predicted octanol–water partition coefficient (Wildman–Crippen LogP) is 3.30. The number of pyridine rings is 1. The van der Waals surface area contributed by atoms with Crippen LogP contribution in [-0.4, -0.2) is 36.7 Å². The third-order valence-electron chi connectivity index (χ3n) is 4.10. The number of anilines is 1. The fraction of sp³-hybridized carbons (Fsp3) is 0.294. The Bertz CT molecular complexity index is 913. The number of halogens is 2. The molecule has 2 aromatic rings. The van der Waals surface area contributed by atoms with Crippen molar-refractivity contribution in [2.24, 2.45) is 0 Å². The van der Waals surface area contributed by atoms with Crippen LogP contribution in [0.15, 0.2) is 41.4 Å². The molecule has 26 heavy (non-hydrogen) atoms. The van der Waals surface area contributed by atoms with E-state index in [9.17, 15) is 17.6 Å². The third kappa shape index (κ3) is 4.03. The van der Waals surface area contributed by atoms with Crippen LogP contribution in [0, 0.1) is 5.82 Å². The summed E-state index contributed by atoms with van der Waals surface area (Å²) in [6, 6.07) is 6.34. The minimum absolute atomic E-state index is 0.0266. The fourth-order valence-corrected chi connectivity index (χ4v) is 4.44. The van der Waals surface area contributed by atoms with E-state index in [4.69, 9.17) is 11.6 Å². The summed E-state index contributed by atoms with van der Waals surface area (Å²) in [7, 11) is -3.98. The number of amides is 1. The minimum Gasteiger partial charge on any atom is -0.307 e. The van der Waals surface area contributed by atoms with Crippen LogP contribution >= 0.6 is 11.6 Å². The van der Waals surface area contributed by atoms with E-state index < -0.39 is 26.6 Å². The summed E-state index contributed by atoms with van der Waals surface area (Å²) in [5.41, 5.74) is 0.0266. The first kappa shape index (κ1) is 18.8. The highest BCUT2D eigenvalue weighted by Gasteiger charge is 2.29. The van der Waals surface area contributed by atoms with Crippen LogP contribution in [0.2, 0.25) is 5.02 Å². The van der Waals surface area contributed by atoms with Gasteiger partial charge in [0.05, 0.1) is 5.02 Å². The molecule has 1 fully saturated rings. The highest BCUT2D eigenvalue weighted by Crippen LogP contribution is 2.24. The Hall–Kier alpha value is -2.03. The lowest BCUT2D eigenvalue weighted by molar-refractivity contribution is 0.102. The number of rotatable bonds is 4. The molecular weight excluding hydrogens is 381 g/mol. The van der Waals surface area contributed by atoms with Gasteiger partial charge >= 0.3 is 0 Å². The molecule has 1 aliphatic rings. The summed E-state index contributed by atoms with van der Waals surface area (Å²) >= 11 is 5.74. The normalized spacial score (nSPS) is 15.6. The maximum Gasteiger partial charge on any atom is 0.256 e. The lowest BCUT2D eigenvalue weighted by atomic mass is 10.2. The zero-order valence-electron chi connectivity index (χ0n) is 13.8. The molecular formula is C17H17ClFN3O3S. The van der Waals surface area contributed by atoms with Gasteiger partial charge in [-0.05, 0) is 43.2 Å². The van der Waals surface area contributed by atoms with E-state index in [1.54, 1.807) is 6.07 Å². The van der Waals surface area contributed by atoms with Crippen LogP contribution in [0.3, 0.4) is 0 Å². The summed E-state index contributed by atoms with van der Waals surface area (Å²) in [5.74, 6) is -1.21. The Labute approximate surface area is 156 Å². The molecule has 1 aliphatic heterocycles. The molecule has 1 aromatic heterocycles. The zero-order valence-corrected chi connectivity index (χ0v) is 15.4. The highest BCUT2D eigenvalue weighted by molar-refractivity contribution is 7.89. The van der Waals surface area contributed by atoms with Gasteiger partial charge in [-0.2, -0.15) is 4.31 Å². The highest BCUT2D eigenvalue weighted by atomic mass is 35.5. The molecule has 0 spiro atoms. The van der Waals surface area contributed by atoms with Crippen molar-refractivity contribution in [1.82, 2.24) is 9.29 Å². The van der Waals surface area contributed by atoms with Crippen LogP contribution < -0.4 is 5.32 Å². The fourth-order valence-electron chi connectivity index (χ4n) is 2.72.